The number of aliphatic carboxylic acids is 1. The summed E-state index contributed by atoms with van der Waals surface area (Å²) < 4.78 is 10.2. The van der Waals surface area contributed by atoms with Gasteiger partial charge in [-0.3, -0.25) is 15.0 Å². The van der Waals surface area contributed by atoms with Crippen molar-refractivity contribution in [3.05, 3.63) is 0 Å². The molecule has 0 spiro atoms. The quantitative estimate of drug-likeness (QED) is 0.547. The van der Waals surface area contributed by atoms with Gasteiger partial charge in [-0.25, -0.2) is 0 Å². The zero-order chi connectivity index (χ0) is 15.0. The summed E-state index contributed by atoms with van der Waals surface area (Å²) in [6.07, 6.45) is 2.74. The molecule has 1 atom stereocenters. The van der Waals surface area contributed by atoms with Crippen LogP contribution >= 0.6 is 0 Å². The van der Waals surface area contributed by atoms with Crippen molar-refractivity contribution in [2.45, 2.75) is 37.8 Å². The molecule has 20 heavy (non-hydrogen) atoms. The SMILES string of the molecule is COCCN(CCOC)CCC(C)(NC1CC1)C(=O)O. The molecule has 1 saturated carbocycles. The maximum Gasteiger partial charge on any atom is 0.323 e. The Morgan fingerprint density at radius 3 is 2.20 bits per heavy atom. The maximum atomic E-state index is 11.5. The van der Waals surface area contributed by atoms with Crippen molar-refractivity contribution in [1.82, 2.24) is 10.2 Å². The third-order valence-corrected chi connectivity index (χ3v) is 3.72. The molecule has 6 heteroatoms. The number of nitrogens with zero attached hydrogens (tertiary/aromatic N) is 1. The van der Waals surface area contributed by atoms with E-state index < -0.39 is 11.5 Å². The van der Waals surface area contributed by atoms with Crippen LogP contribution in [0.1, 0.15) is 26.2 Å². The number of carbonyl (C=O) groups is 1. The molecule has 6 nitrogen and oxygen atoms in total. The molecule has 1 fully saturated rings. The highest BCUT2D eigenvalue weighted by molar-refractivity contribution is 5.78. The van der Waals surface area contributed by atoms with Gasteiger partial charge in [0.25, 0.3) is 0 Å². The van der Waals surface area contributed by atoms with E-state index >= 15 is 0 Å². The van der Waals surface area contributed by atoms with Gasteiger partial charge in [-0.1, -0.05) is 0 Å². The van der Waals surface area contributed by atoms with Crippen LogP contribution in [0.4, 0.5) is 0 Å². The maximum absolute atomic E-state index is 11.5. The molecule has 0 aromatic carbocycles. The molecule has 0 heterocycles. The Hall–Kier alpha value is -0.690. The van der Waals surface area contributed by atoms with E-state index in [1.807, 2.05) is 0 Å². The van der Waals surface area contributed by atoms with Crippen molar-refractivity contribution in [2.24, 2.45) is 0 Å². The molecule has 0 radical (unpaired) electrons. The first-order chi connectivity index (χ1) is 9.51. The highest BCUT2D eigenvalue weighted by Crippen LogP contribution is 2.24. The molecular formula is C14H28N2O4. The Balaban J connectivity index is 2.45. The monoisotopic (exact) mass is 288 g/mol. The first-order valence-electron chi connectivity index (χ1n) is 7.23. The third-order valence-electron chi connectivity index (χ3n) is 3.72. The Morgan fingerprint density at radius 1 is 1.25 bits per heavy atom. The molecule has 1 aliphatic carbocycles. The summed E-state index contributed by atoms with van der Waals surface area (Å²) in [4.78, 5) is 13.7. The van der Waals surface area contributed by atoms with Crippen molar-refractivity contribution in [3.8, 4) is 0 Å². The zero-order valence-corrected chi connectivity index (χ0v) is 12.9. The van der Waals surface area contributed by atoms with Gasteiger partial charge in [0.05, 0.1) is 13.2 Å². The average molecular weight is 288 g/mol. The van der Waals surface area contributed by atoms with Crippen molar-refractivity contribution >= 4 is 5.97 Å². The first kappa shape index (κ1) is 17.4. The van der Waals surface area contributed by atoms with Crippen LogP contribution in [-0.2, 0) is 14.3 Å². The predicted molar refractivity (Wildman–Crippen MR) is 77.0 cm³/mol. The van der Waals surface area contributed by atoms with Crippen LogP contribution in [0.25, 0.3) is 0 Å². The average Bonchev–Trinajstić information content (AvgIpc) is 3.21. The number of nitrogens with one attached hydrogen (secondary N) is 1. The van der Waals surface area contributed by atoms with Gasteiger partial charge in [0.15, 0.2) is 0 Å². The fraction of sp³-hybridized carbons (Fsp3) is 0.929. The van der Waals surface area contributed by atoms with Crippen LogP contribution in [0, 0.1) is 0 Å². The second-order valence-corrected chi connectivity index (χ2v) is 5.63. The van der Waals surface area contributed by atoms with Crippen molar-refractivity contribution < 1.29 is 19.4 Å². The number of methoxy groups -OCH3 is 2. The number of carboxylic acids is 1. The smallest absolute Gasteiger partial charge is 0.323 e. The molecule has 1 aliphatic rings. The van der Waals surface area contributed by atoms with Crippen LogP contribution in [-0.4, -0.2) is 74.6 Å². The number of hydrogen-bond acceptors (Lipinski definition) is 5. The van der Waals surface area contributed by atoms with E-state index in [-0.39, 0.29) is 0 Å². The van der Waals surface area contributed by atoms with E-state index in [2.05, 4.69) is 10.2 Å². The lowest BCUT2D eigenvalue weighted by molar-refractivity contribution is -0.144. The lowest BCUT2D eigenvalue weighted by Gasteiger charge is -2.30. The minimum Gasteiger partial charge on any atom is -0.480 e. The summed E-state index contributed by atoms with van der Waals surface area (Å²) in [5.41, 5.74) is -0.848. The van der Waals surface area contributed by atoms with E-state index in [0.717, 1.165) is 32.5 Å². The number of hydrogen-bond donors (Lipinski definition) is 2. The van der Waals surface area contributed by atoms with Crippen molar-refractivity contribution in [3.63, 3.8) is 0 Å². The molecule has 0 saturated heterocycles. The summed E-state index contributed by atoms with van der Waals surface area (Å²) in [6.45, 7) is 5.36. The fourth-order valence-electron chi connectivity index (χ4n) is 2.08. The van der Waals surface area contributed by atoms with E-state index in [4.69, 9.17) is 9.47 Å². The number of carboxylic acid groups (broad SMARTS) is 1. The highest BCUT2D eigenvalue weighted by atomic mass is 16.5. The van der Waals surface area contributed by atoms with Crippen molar-refractivity contribution in [2.75, 3.05) is 47.1 Å². The summed E-state index contributed by atoms with van der Waals surface area (Å²) in [6, 6.07) is 0.377. The molecule has 0 amide bonds. The van der Waals surface area contributed by atoms with Gasteiger partial charge >= 0.3 is 5.97 Å². The van der Waals surface area contributed by atoms with E-state index in [0.29, 0.717) is 25.7 Å². The molecule has 0 aromatic heterocycles. The number of rotatable bonds is 12. The lowest BCUT2D eigenvalue weighted by atomic mass is 9.97. The van der Waals surface area contributed by atoms with Crippen molar-refractivity contribution in [1.29, 1.82) is 0 Å². The molecule has 0 aliphatic heterocycles. The van der Waals surface area contributed by atoms with Crippen LogP contribution in [0.15, 0.2) is 0 Å². The minimum atomic E-state index is -0.848. The lowest BCUT2D eigenvalue weighted by Crippen LogP contribution is -2.52. The first-order valence-corrected chi connectivity index (χ1v) is 7.23. The second kappa shape index (κ2) is 8.56. The van der Waals surface area contributed by atoms with Gasteiger partial charge in [-0.15, -0.1) is 0 Å². The predicted octanol–water partition coefficient (Wildman–Crippen LogP) is 0.567. The van der Waals surface area contributed by atoms with Gasteiger partial charge in [0.1, 0.15) is 5.54 Å². The van der Waals surface area contributed by atoms with E-state index in [1.54, 1.807) is 21.1 Å². The minimum absolute atomic E-state index is 0.377. The van der Waals surface area contributed by atoms with E-state index in [9.17, 15) is 9.90 Å². The Bertz CT molecular complexity index is 289. The van der Waals surface area contributed by atoms with Gasteiger partial charge in [-0.2, -0.15) is 0 Å². The highest BCUT2D eigenvalue weighted by Gasteiger charge is 2.38. The standard InChI is InChI=1S/C14H28N2O4/c1-14(13(17)18,15-12-4-5-12)6-7-16(8-10-19-2)9-11-20-3/h12,15H,4-11H2,1-3H3,(H,17,18). The van der Waals surface area contributed by atoms with Crippen LogP contribution in [0.5, 0.6) is 0 Å². The van der Waals surface area contributed by atoms with E-state index in [1.165, 1.54) is 0 Å². The Labute approximate surface area is 121 Å². The molecule has 1 rings (SSSR count). The Morgan fingerprint density at radius 2 is 1.80 bits per heavy atom. The Kier molecular flexibility index (Phi) is 7.43. The largest absolute Gasteiger partial charge is 0.480 e. The topological polar surface area (TPSA) is 71.0 Å². The fourth-order valence-corrected chi connectivity index (χ4v) is 2.08. The summed E-state index contributed by atoms with van der Waals surface area (Å²) in [5.74, 6) is -0.775. The molecule has 1 unspecified atom stereocenters. The third kappa shape index (κ3) is 6.17. The molecule has 118 valence electrons. The van der Waals surface area contributed by atoms with Crippen LogP contribution in [0.2, 0.25) is 0 Å². The van der Waals surface area contributed by atoms with Gasteiger partial charge in [0.2, 0.25) is 0 Å². The zero-order valence-electron chi connectivity index (χ0n) is 12.9. The number of ether oxygens (including phenoxy) is 2. The molecule has 0 bridgehead atoms. The van der Waals surface area contributed by atoms with Crippen LogP contribution in [0.3, 0.4) is 0 Å². The van der Waals surface area contributed by atoms with Gasteiger partial charge < -0.3 is 14.6 Å². The van der Waals surface area contributed by atoms with Gasteiger partial charge in [-0.05, 0) is 26.2 Å². The molecular weight excluding hydrogens is 260 g/mol. The summed E-state index contributed by atoms with van der Waals surface area (Å²) >= 11 is 0. The molecule has 2 N–H and O–H groups in total. The van der Waals surface area contributed by atoms with Crippen LogP contribution < -0.4 is 5.32 Å². The van der Waals surface area contributed by atoms with Gasteiger partial charge in [0, 0.05) is 39.9 Å². The summed E-state index contributed by atoms with van der Waals surface area (Å²) in [7, 11) is 3.34. The molecule has 0 aromatic rings. The normalized spacial score (nSPS) is 18.2. The summed E-state index contributed by atoms with van der Waals surface area (Å²) in [5, 5.41) is 12.7. The second-order valence-electron chi connectivity index (χ2n) is 5.63.